The van der Waals surface area contributed by atoms with Gasteiger partial charge in [0.15, 0.2) is 0 Å². The van der Waals surface area contributed by atoms with Gasteiger partial charge in [-0.3, -0.25) is 0 Å². The molecule has 0 amide bonds. The monoisotopic (exact) mass is 156 g/mol. The van der Waals surface area contributed by atoms with Crippen LogP contribution in [0.3, 0.4) is 0 Å². The molecule has 1 aliphatic carbocycles. The maximum Gasteiger partial charge on any atom is 0.0731 e. The lowest BCUT2D eigenvalue weighted by atomic mass is 10.1. The van der Waals surface area contributed by atoms with Crippen molar-refractivity contribution in [1.82, 2.24) is 16.0 Å². The highest BCUT2D eigenvalue weighted by atomic mass is 15.2. The third-order valence-corrected chi connectivity index (χ3v) is 2.60. The van der Waals surface area contributed by atoms with Crippen molar-refractivity contribution in [2.75, 3.05) is 21.1 Å². The van der Waals surface area contributed by atoms with Gasteiger partial charge in [-0.1, -0.05) is 0 Å². The zero-order valence-corrected chi connectivity index (χ0v) is 7.57. The second kappa shape index (κ2) is 3.52. The average molecular weight is 156 g/mol. The van der Waals surface area contributed by atoms with Crippen LogP contribution in [0.5, 0.6) is 0 Å². The summed E-state index contributed by atoms with van der Waals surface area (Å²) in [6.07, 6.45) is 4.66. The molecule has 1 atom stereocenters. The first-order chi connectivity index (χ1) is 5.26. The normalized spacial score (nSPS) is 29.2. The molecule has 0 aliphatic heterocycles. The Labute approximate surface area is 68.9 Å². The summed E-state index contributed by atoms with van der Waals surface area (Å²) in [6, 6.07) is 0.551. The van der Waals surface area contributed by atoms with E-state index in [-0.39, 0.29) is 5.66 Å². The molecule has 0 aromatic heterocycles. The van der Waals surface area contributed by atoms with Gasteiger partial charge in [-0.25, -0.2) is 0 Å². The average Bonchev–Trinajstić information content (AvgIpc) is 2.49. The highest BCUT2D eigenvalue weighted by molar-refractivity contribution is 5.09. The largest absolute Gasteiger partial charge is 0.317 e. The summed E-state index contributed by atoms with van der Waals surface area (Å²) in [5.74, 6) is 0. The van der Waals surface area contributed by atoms with Crippen LogP contribution < -0.4 is 16.0 Å². The zero-order chi connectivity index (χ0) is 8.32. The highest BCUT2D eigenvalue weighted by Crippen LogP contribution is 2.25. The third kappa shape index (κ3) is 1.72. The Morgan fingerprint density at radius 1 is 1.27 bits per heavy atom. The van der Waals surface area contributed by atoms with Crippen LogP contribution in [-0.2, 0) is 0 Å². The van der Waals surface area contributed by atoms with Crippen LogP contribution in [0, 0.1) is 6.42 Å². The molecule has 3 N–H and O–H groups in total. The molecule has 1 saturated carbocycles. The van der Waals surface area contributed by atoms with Crippen molar-refractivity contribution in [3.63, 3.8) is 0 Å². The fourth-order valence-corrected chi connectivity index (χ4v) is 1.66. The maximum atomic E-state index is 3.28. The van der Waals surface area contributed by atoms with E-state index in [1.807, 2.05) is 21.1 Å². The predicted molar refractivity (Wildman–Crippen MR) is 47.2 cm³/mol. The molecule has 0 spiro atoms. The summed E-state index contributed by atoms with van der Waals surface area (Å²) in [7, 11) is 5.98. The van der Waals surface area contributed by atoms with Gasteiger partial charge in [0.25, 0.3) is 0 Å². The van der Waals surface area contributed by atoms with Crippen molar-refractivity contribution in [2.24, 2.45) is 0 Å². The number of nitrogens with one attached hydrogen (secondary N) is 3. The molecule has 1 rings (SSSR count). The standard InChI is InChI=1S/C8H18N3/c1-9-7-4-5-8(6-7,10-2)11-3/h6-7,9-11H,4-5H2,1-3H3. The number of rotatable bonds is 3. The Balaban J connectivity index is 2.48. The summed E-state index contributed by atoms with van der Waals surface area (Å²) in [4.78, 5) is 0. The van der Waals surface area contributed by atoms with Crippen LogP contribution >= 0.6 is 0 Å². The van der Waals surface area contributed by atoms with E-state index in [1.54, 1.807) is 0 Å². The van der Waals surface area contributed by atoms with Gasteiger partial charge in [0.1, 0.15) is 0 Å². The Hall–Kier alpha value is -0.120. The van der Waals surface area contributed by atoms with E-state index in [4.69, 9.17) is 0 Å². The molecule has 1 fully saturated rings. The molecule has 1 unspecified atom stereocenters. The Kier molecular flexibility index (Phi) is 2.87. The summed E-state index contributed by atoms with van der Waals surface area (Å²) in [5, 5.41) is 9.82. The molecule has 1 aliphatic rings. The zero-order valence-electron chi connectivity index (χ0n) is 7.57. The van der Waals surface area contributed by atoms with Crippen LogP contribution in [0.25, 0.3) is 0 Å². The SMILES string of the molecule is CNC1[CH]C(NC)(NC)CC1. The maximum absolute atomic E-state index is 3.28. The fraction of sp³-hybridized carbons (Fsp3) is 0.875. The van der Waals surface area contributed by atoms with Crippen molar-refractivity contribution >= 4 is 0 Å². The van der Waals surface area contributed by atoms with E-state index in [0.29, 0.717) is 6.04 Å². The van der Waals surface area contributed by atoms with Gasteiger partial charge in [-0.2, -0.15) is 0 Å². The van der Waals surface area contributed by atoms with Gasteiger partial charge in [0, 0.05) is 12.5 Å². The molecular weight excluding hydrogens is 138 g/mol. The van der Waals surface area contributed by atoms with E-state index in [2.05, 4.69) is 22.4 Å². The first-order valence-electron chi connectivity index (χ1n) is 4.17. The number of hydrogen-bond donors (Lipinski definition) is 3. The van der Waals surface area contributed by atoms with E-state index in [0.717, 1.165) is 6.42 Å². The molecule has 0 heterocycles. The minimum absolute atomic E-state index is 0.0632. The smallest absolute Gasteiger partial charge is 0.0731 e. The van der Waals surface area contributed by atoms with Crippen molar-refractivity contribution in [1.29, 1.82) is 0 Å². The van der Waals surface area contributed by atoms with Gasteiger partial charge in [0.2, 0.25) is 0 Å². The first kappa shape index (κ1) is 8.97. The Morgan fingerprint density at radius 2 is 1.91 bits per heavy atom. The van der Waals surface area contributed by atoms with Gasteiger partial charge in [-0.05, 0) is 34.0 Å². The predicted octanol–water partition coefficient (Wildman–Crippen LogP) is -0.292. The third-order valence-electron chi connectivity index (χ3n) is 2.60. The molecule has 0 aromatic rings. The lowest BCUT2D eigenvalue weighted by molar-refractivity contribution is 0.357. The van der Waals surface area contributed by atoms with Crippen molar-refractivity contribution < 1.29 is 0 Å². The van der Waals surface area contributed by atoms with Gasteiger partial charge in [0.05, 0.1) is 5.66 Å². The van der Waals surface area contributed by atoms with Crippen LogP contribution in [0.4, 0.5) is 0 Å². The van der Waals surface area contributed by atoms with E-state index in [9.17, 15) is 0 Å². The lowest BCUT2D eigenvalue weighted by Gasteiger charge is -2.28. The second-order valence-corrected chi connectivity index (χ2v) is 3.07. The van der Waals surface area contributed by atoms with Crippen LogP contribution in [-0.4, -0.2) is 32.8 Å². The van der Waals surface area contributed by atoms with E-state index >= 15 is 0 Å². The van der Waals surface area contributed by atoms with E-state index < -0.39 is 0 Å². The quantitative estimate of drug-likeness (QED) is 0.491. The summed E-state index contributed by atoms with van der Waals surface area (Å²) in [6.45, 7) is 0. The lowest BCUT2D eigenvalue weighted by Crippen LogP contribution is -2.53. The minimum Gasteiger partial charge on any atom is -0.317 e. The van der Waals surface area contributed by atoms with Crippen molar-refractivity contribution in [3.05, 3.63) is 6.42 Å². The van der Waals surface area contributed by atoms with Crippen molar-refractivity contribution in [2.45, 2.75) is 24.5 Å². The molecule has 0 bridgehead atoms. The van der Waals surface area contributed by atoms with Gasteiger partial charge < -0.3 is 16.0 Å². The van der Waals surface area contributed by atoms with Crippen LogP contribution in [0.1, 0.15) is 12.8 Å². The van der Waals surface area contributed by atoms with Gasteiger partial charge >= 0.3 is 0 Å². The highest BCUT2D eigenvalue weighted by Gasteiger charge is 2.35. The number of hydrogen-bond acceptors (Lipinski definition) is 3. The molecule has 1 radical (unpaired) electrons. The van der Waals surface area contributed by atoms with E-state index in [1.165, 1.54) is 6.42 Å². The molecular formula is C8H18N3. The molecule has 0 saturated heterocycles. The summed E-state index contributed by atoms with van der Waals surface area (Å²) >= 11 is 0. The molecule has 3 nitrogen and oxygen atoms in total. The topological polar surface area (TPSA) is 36.1 Å². The Morgan fingerprint density at radius 3 is 2.18 bits per heavy atom. The second-order valence-electron chi connectivity index (χ2n) is 3.07. The van der Waals surface area contributed by atoms with Crippen molar-refractivity contribution in [3.8, 4) is 0 Å². The fourth-order valence-electron chi connectivity index (χ4n) is 1.66. The first-order valence-corrected chi connectivity index (χ1v) is 4.17. The summed E-state index contributed by atoms with van der Waals surface area (Å²) in [5.41, 5.74) is 0.0632. The van der Waals surface area contributed by atoms with Crippen LogP contribution in [0.15, 0.2) is 0 Å². The Bertz CT molecular complexity index is 121. The summed E-state index contributed by atoms with van der Waals surface area (Å²) < 4.78 is 0. The van der Waals surface area contributed by atoms with Gasteiger partial charge in [-0.15, -0.1) is 0 Å². The van der Waals surface area contributed by atoms with Crippen LogP contribution in [0.2, 0.25) is 0 Å². The molecule has 3 heteroatoms. The molecule has 11 heavy (non-hydrogen) atoms. The molecule has 0 aromatic carbocycles. The molecule has 65 valence electrons. The minimum atomic E-state index is 0.0632.